The highest BCUT2D eigenvalue weighted by molar-refractivity contribution is 9.10. The molecule has 0 saturated carbocycles. The van der Waals surface area contributed by atoms with Crippen LogP contribution in [0.25, 0.3) is 0 Å². The van der Waals surface area contributed by atoms with E-state index >= 15 is 0 Å². The molecule has 1 atom stereocenters. The number of carbonyl (C=O) groups excluding carboxylic acids is 1. The van der Waals surface area contributed by atoms with Crippen molar-refractivity contribution in [3.05, 3.63) is 34.1 Å². The highest BCUT2D eigenvalue weighted by Crippen LogP contribution is 2.36. The molecule has 0 aromatic heterocycles. The van der Waals surface area contributed by atoms with Crippen molar-refractivity contribution >= 4 is 21.9 Å². The maximum Gasteiger partial charge on any atom is 0.380 e. The Bertz CT molecular complexity index is 451. The van der Waals surface area contributed by atoms with Gasteiger partial charge in [0.1, 0.15) is 5.82 Å². The topological polar surface area (TPSA) is 46.5 Å². The molecular weight excluding hydrogens is 317 g/mol. The lowest BCUT2D eigenvalue weighted by atomic mass is 10.0. The van der Waals surface area contributed by atoms with Gasteiger partial charge in [-0.3, -0.25) is 0 Å². The number of alkyl halides is 2. The number of benzene rings is 1. The summed E-state index contributed by atoms with van der Waals surface area (Å²) in [6.45, 7) is 1.12. The molecule has 0 aliphatic rings. The summed E-state index contributed by atoms with van der Waals surface area (Å²) in [6, 6.07) is 2.92. The number of ether oxygens (including phenoxy) is 1. The van der Waals surface area contributed by atoms with Crippen molar-refractivity contribution in [2.75, 3.05) is 6.61 Å². The maximum absolute atomic E-state index is 13.5. The van der Waals surface area contributed by atoms with Crippen LogP contribution in [-0.2, 0) is 9.53 Å². The molecule has 0 aliphatic heterocycles. The maximum atomic E-state index is 13.5. The van der Waals surface area contributed by atoms with E-state index in [1.54, 1.807) is 0 Å². The molecule has 0 fully saturated rings. The van der Waals surface area contributed by atoms with Crippen molar-refractivity contribution in [1.29, 1.82) is 0 Å². The third-order valence-electron chi connectivity index (χ3n) is 2.14. The Morgan fingerprint density at radius 2 is 2.17 bits per heavy atom. The smallest absolute Gasteiger partial charge is 0.380 e. The Kier molecular flexibility index (Phi) is 4.75. The van der Waals surface area contributed by atoms with E-state index in [1.165, 1.54) is 6.92 Å². The minimum Gasteiger partial charge on any atom is -0.461 e. The van der Waals surface area contributed by atoms with Crippen molar-refractivity contribution in [3.8, 4) is 0 Å². The van der Waals surface area contributed by atoms with Gasteiger partial charge in [-0.05, 0) is 25.1 Å². The predicted molar refractivity (Wildman–Crippen MR) is 60.6 cm³/mol. The van der Waals surface area contributed by atoms with Crippen LogP contribution < -0.4 is 0 Å². The second kappa shape index (κ2) is 5.71. The van der Waals surface area contributed by atoms with Gasteiger partial charge in [-0.1, -0.05) is 15.9 Å². The van der Waals surface area contributed by atoms with Gasteiger partial charge in [0, 0.05) is 10.0 Å². The molecule has 0 radical (unpaired) electrons. The number of hydrogen-bond acceptors (Lipinski definition) is 3. The molecule has 0 aliphatic carbocycles. The monoisotopic (exact) mass is 326 g/mol. The standard InChI is InChI=1S/C11H10BrF3O3/c1-2-18-10(17)11(14,15)9(16)7-5-6(13)3-4-8(7)12/h3-5,9,16H,2H2,1H3. The Hall–Kier alpha value is -1.08. The zero-order chi connectivity index (χ0) is 13.9. The third-order valence-corrected chi connectivity index (χ3v) is 2.87. The Balaban J connectivity index is 3.08. The normalized spacial score (nSPS) is 13.2. The fraction of sp³-hybridized carbons (Fsp3) is 0.364. The fourth-order valence-corrected chi connectivity index (χ4v) is 1.72. The lowest BCUT2D eigenvalue weighted by Gasteiger charge is -2.21. The predicted octanol–water partition coefficient (Wildman–Crippen LogP) is 2.82. The number of carbonyl (C=O) groups is 1. The minimum atomic E-state index is -4.15. The first kappa shape index (κ1) is 15.0. The number of rotatable bonds is 4. The van der Waals surface area contributed by atoms with Crippen molar-refractivity contribution in [1.82, 2.24) is 0 Å². The summed E-state index contributed by atoms with van der Waals surface area (Å²) < 4.78 is 44.2. The van der Waals surface area contributed by atoms with Gasteiger partial charge >= 0.3 is 11.9 Å². The van der Waals surface area contributed by atoms with Gasteiger partial charge in [-0.25, -0.2) is 9.18 Å². The Morgan fingerprint density at radius 3 is 2.72 bits per heavy atom. The second-order valence-corrected chi connectivity index (χ2v) is 4.27. The van der Waals surface area contributed by atoms with Crippen LogP contribution in [0.15, 0.2) is 22.7 Å². The molecule has 0 bridgehead atoms. The highest BCUT2D eigenvalue weighted by Gasteiger charge is 2.49. The van der Waals surface area contributed by atoms with Crippen LogP contribution in [0.1, 0.15) is 18.6 Å². The van der Waals surface area contributed by atoms with E-state index < -0.39 is 29.4 Å². The minimum absolute atomic E-state index is 0.0698. The van der Waals surface area contributed by atoms with Crippen LogP contribution in [0.4, 0.5) is 13.2 Å². The van der Waals surface area contributed by atoms with Gasteiger partial charge in [0.25, 0.3) is 0 Å². The molecule has 3 nitrogen and oxygen atoms in total. The van der Waals surface area contributed by atoms with Crippen LogP contribution in [0.5, 0.6) is 0 Å². The highest BCUT2D eigenvalue weighted by atomic mass is 79.9. The summed E-state index contributed by atoms with van der Waals surface area (Å²) >= 11 is 2.90. The molecule has 1 aromatic carbocycles. The average molecular weight is 327 g/mol. The molecule has 0 amide bonds. The number of aliphatic hydroxyl groups excluding tert-OH is 1. The quantitative estimate of drug-likeness (QED) is 0.865. The van der Waals surface area contributed by atoms with Gasteiger partial charge in [0.2, 0.25) is 0 Å². The Labute approximate surface area is 110 Å². The summed E-state index contributed by atoms with van der Waals surface area (Å²) in [5, 5.41) is 9.50. The van der Waals surface area contributed by atoms with Gasteiger partial charge in [0.15, 0.2) is 6.10 Å². The van der Waals surface area contributed by atoms with Gasteiger partial charge in [-0.2, -0.15) is 8.78 Å². The van der Waals surface area contributed by atoms with Crippen LogP contribution in [0.2, 0.25) is 0 Å². The number of halogens is 4. The first-order valence-electron chi connectivity index (χ1n) is 4.98. The lowest BCUT2D eigenvalue weighted by Crippen LogP contribution is -2.37. The van der Waals surface area contributed by atoms with Gasteiger partial charge < -0.3 is 9.84 Å². The first-order chi connectivity index (χ1) is 8.30. The summed E-state index contributed by atoms with van der Waals surface area (Å²) in [5.74, 6) is -6.80. The van der Waals surface area contributed by atoms with Crippen LogP contribution in [0, 0.1) is 5.82 Å². The summed E-state index contributed by atoms with van der Waals surface area (Å²) in [5.41, 5.74) is -0.423. The van der Waals surface area contributed by atoms with Crippen LogP contribution >= 0.6 is 15.9 Å². The summed E-state index contributed by atoms with van der Waals surface area (Å²) in [6.07, 6.45) is -2.48. The number of aliphatic hydroxyl groups is 1. The molecule has 0 heterocycles. The summed E-state index contributed by atoms with van der Waals surface area (Å²) in [4.78, 5) is 11.0. The molecule has 1 N–H and O–H groups in total. The van der Waals surface area contributed by atoms with Crippen LogP contribution in [0.3, 0.4) is 0 Å². The SMILES string of the molecule is CCOC(=O)C(F)(F)C(O)c1cc(F)ccc1Br. The van der Waals surface area contributed by atoms with E-state index in [9.17, 15) is 23.1 Å². The van der Waals surface area contributed by atoms with E-state index in [1.807, 2.05) is 0 Å². The van der Waals surface area contributed by atoms with E-state index in [4.69, 9.17) is 0 Å². The van der Waals surface area contributed by atoms with E-state index in [-0.39, 0.29) is 11.1 Å². The number of esters is 1. The van der Waals surface area contributed by atoms with Gasteiger partial charge in [-0.15, -0.1) is 0 Å². The molecule has 1 aromatic rings. The van der Waals surface area contributed by atoms with Crippen molar-refractivity contribution in [3.63, 3.8) is 0 Å². The van der Waals surface area contributed by atoms with Crippen molar-refractivity contribution in [2.24, 2.45) is 0 Å². The van der Waals surface area contributed by atoms with Crippen LogP contribution in [-0.4, -0.2) is 23.6 Å². The fourth-order valence-electron chi connectivity index (χ4n) is 1.26. The van der Waals surface area contributed by atoms with E-state index in [2.05, 4.69) is 20.7 Å². The molecule has 7 heteroatoms. The zero-order valence-corrected chi connectivity index (χ0v) is 10.9. The average Bonchev–Trinajstić information content (AvgIpc) is 2.31. The number of hydrogen-bond donors (Lipinski definition) is 1. The molecule has 0 spiro atoms. The lowest BCUT2D eigenvalue weighted by molar-refractivity contribution is -0.189. The Morgan fingerprint density at radius 1 is 1.56 bits per heavy atom. The first-order valence-corrected chi connectivity index (χ1v) is 5.78. The second-order valence-electron chi connectivity index (χ2n) is 3.41. The van der Waals surface area contributed by atoms with Crippen molar-refractivity contribution < 1.29 is 27.8 Å². The summed E-state index contributed by atoms with van der Waals surface area (Å²) in [7, 11) is 0. The third kappa shape index (κ3) is 3.02. The zero-order valence-electron chi connectivity index (χ0n) is 9.29. The molecule has 1 unspecified atom stereocenters. The molecule has 1 rings (SSSR count). The van der Waals surface area contributed by atoms with Crippen molar-refractivity contribution in [2.45, 2.75) is 19.0 Å². The molecular formula is C11H10BrF3O3. The van der Waals surface area contributed by atoms with Gasteiger partial charge in [0.05, 0.1) is 6.61 Å². The largest absolute Gasteiger partial charge is 0.461 e. The van der Waals surface area contributed by atoms with E-state index in [0.29, 0.717) is 0 Å². The van der Waals surface area contributed by atoms with E-state index in [0.717, 1.165) is 18.2 Å². The molecule has 0 saturated heterocycles. The molecule has 18 heavy (non-hydrogen) atoms. The molecule has 100 valence electrons.